The van der Waals surface area contributed by atoms with E-state index in [0.717, 1.165) is 38.6 Å². The number of rotatable bonds is 8. The minimum absolute atomic E-state index is 0.243. The molecule has 220 valence electrons. The summed E-state index contributed by atoms with van der Waals surface area (Å²) in [7, 11) is 3.18. The van der Waals surface area contributed by atoms with Gasteiger partial charge in [-0.2, -0.15) is 5.10 Å². The number of carbonyl (C=O) groups is 1. The van der Waals surface area contributed by atoms with Gasteiger partial charge in [0.2, 0.25) is 0 Å². The second-order valence-electron chi connectivity index (χ2n) is 10.3. The third-order valence-corrected chi connectivity index (χ3v) is 7.55. The van der Waals surface area contributed by atoms with E-state index in [1.807, 2.05) is 121 Å². The Morgan fingerprint density at radius 2 is 1.47 bits per heavy atom. The number of anilines is 1. The summed E-state index contributed by atoms with van der Waals surface area (Å²) in [4.78, 5) is 18.2. The molecular formula is C37H28N4O4. The summed E-state index contributed by atoms with van der Waals surface area (Å²) in [5, 5.41) is 10.4. The number of fused-ring (bicyclic) bond motifs is 2. The average molecular weight is 593 g/mol. The maximum Gasteiger partial charge on any atom is 0.257 e. The van der Waals surface area contributed by atoms with Crippen molar-refractivity contribution in [3.05, 3.63) is 133 Å². The zero-order valence-corrected chi connectivity index (χ0v) is 24.6. The summed E-state index contributed by atoms with van der Waals surface area (Å²) < 4.78 is 19.0. The van der Waals surface area contributed by atoms with Crippen LogP contribution in [0.15, 0.2) is 128 Å². The number of methoxy groups -OCH3 is 2. The molecule has 0 spiro atoms. The number of para-hydroxylation sites is 1. The van der Waals surface area contributed by atoms with Gasteiger partial charge in [0.15, 0.2) is 11.5 Å². The van der Waals surface area contributed by atoms with E-state index in [9.17, 15) is 4.79 Å². The number of ether oxygens (including phenoxy) is 3. The quantitative estimate of drug-likeness (QED) is 0.191. The molecule has 0 saturated heterocycles. The lowest BCUT2D eigenvalue weighted by molar-refractivity contribution is 0.102. The molecule has 0 atom stereocenters. The Labute approximate surface area is 259 Å². The molecule has 8 nitrogen and oxygen atoms in total. The number of amides is 1. The standard InChI is InChI=1S/C37H28N4O4/c1-43-34-21-30-32(22-35(34)44-2)38-19-18-33(30)45-27-16-17-28-25(20-27)12-9-15-29(28)37(42)39-36-23-31(24-10-5-3-6-11-24)40-41(36)26-13-7-4-8-14-26/h3-23H,1-2H3,(H,39,42). The molecule has 2 heterocycles. The predicted octanol–water partition coefficient (Wildman–Crippen LogP) is 8.30. The summed E-state index contributed by atoms with van der Waals surface area (Å²) in [5.41, 5.74) is 3.81. The second kappa shape index (κ2) is 11.9. The molecule has 1 N–H and O–H groups in total. The van der Waals surface area contributed by atoms with Crippen LogP contribution in [0, 0.1) is 0 Å². The van der Waals surface area contributed by atoms with E-state index in [1.54, 1.807) is 25.1 Å². The van der Waals surface area contributed by atoms with Crippen LogP contribution in [0.2, 0.25) is 0 Å². The Balaban J connectivity index is 1.20. The van der Waals surface area contributed by atoms with E-state index in [-0.39, 0.29) is 5.91 Å². The van der Waals surface area contributed by atoms with E-state index in [1.165, 1.54) is 0 Å². The first kappa shape index (κ1) is 27.7. The number of nitrogens with one attached hydrogen (secondary N) is 1. The molecule has 0 unspecified atom stereocenters. The van der Waals surface area contributed by atoms with Crippen molar-refractivity contribution in [3.8, 4) is 39.9 Å². The molecule has 7 rings (SSSR count). The van der Waals surface area contributed by atoms with Crippen LogP contribution in [-0.2, 0) is 0 Å². The van der Waals surface area contributed by atoms with Crippen molar-refractivity contribution in [3.63, 3.8) is 0 Å². The third-order valence-electron chi connectivity index (χ3n) is 7.55. The molecule has 7 aromatic rings. The fourth-order valence-corrected chi connectivity index (χ4v) is 5.36. The van der Waals surface area contributed by atoms with Gasteiger partial charge in [-0.1, -0.05) is 60.7 Å². The van der Waals surface area contributed by atoms with Crippen molar-refractivity contribution in [2.75, 3.05) is 19.5 Å². The van der Waals surface area contributed by atoms with Crippen LogP contribution in [0.25, 0.3) is 38.6 Å². The SMILES string of the molecule is COc1cc2nccc(Oc3ccc4c(C(=O)Nc5cc(-c6ccccc6)nn5-c5ccccc5)cccc4c3)c2cc1OC. The molecule has 0 radical (unpaired) electrons. The number of nitrogens with zero attached hydrogens (tertiary/aromatic N) is 3. The molecule has 0 saturated carbocycles. The highest BCUT2D eigenvalue weighted by molar-refractivity contribution is 6.13. The molecule has 2 aromatic heterocycles. The van der Waals surface area contributed by atoms with Gasteiger partial charge in [0.1, 0.15) is 17.3 Å². The number of pyridine rings is 1. The van der Waals surface area contributed by atoms with Crippen LogP contribution < -0.4 is 19.5 Å². The van der Waals surface area contributed by atoms with Crippen molar-refractivity contribution in [1.82, 2.24) is 14.8 Å². The summed E-state index contributed by atoms with van der Waals surface area (Å²) >= 11 is 0. The molecule has 0 fully saturated rings. The van der Waals surface area contributed by atoms with Crippen LogP contribution in [0.4, 0.5) is 5.82 Å². The Morgan fingerprint density at radius 1 is 0.711 bits per heavy atom. The van der Waals surface area contributed by atoms with E-state index < -0.39 is 0 Å². The summed E-state index contributed by atoms with van der Waals surface area (Å²) in [6.45, 7) is 0. The van der Waals surface area contributed by atoms with Gasteiger partial charge >= 0.3 is 0 Å². The molecule has 0 aliphatic rings. The minimum atomic E-state index is -0.243. The number of carbonyl (C=O) groups excluding carboxylic acids is 1. The van der Waals surface area contributed by atoms with Crippen LogP contribution in [0.1, 0.15) is 10.4 Å². The van der Waals surface area contributed by atoms with Gasteiger partial charge < -0.3 is 19.5 Å². The molecule has 1 amide bonds. The van der Waals surface area contributed by atoms with Crippen LogP contribution in [0.5, 0.6) is 23.0 Å². The normalized spacial score (nSPS) is 11.0. The summed E-state index contributed by atoms with van der Waals surface area (Å²) in [6, 6.07) is 38.3. The van der Waals surface area contributed by atoms with E-state index in [4.69, 9.17) is 19.3 Å². The van der Waals surface area contributed by atoms with Gasteiger partial charge in [0.05, 0.1) is 31.1 Å². The van der Waals surface area contributed by atoms with E-state index in [2.05, 4.69) is 10.3 Å². The topological polar surface area (TPSA) is 87.5 Å². The molecule has 45 heavy (non-hydrogen) atoms. The number of hydrogen-bond acceptors (Lipinski definition) is 6. The number of benzene rings is 5. The van der Waals surface area contributed by atoms with Crippen molar-refractivity contribution in [1.29, 1.82) is 0 Å². The zero-order valence-electron chi connectivity index (χ0n) is 24.6. The van der Waals surface area contributed by atoms with Gasteiger partial charge in [-0.15, -0.1) is 0 Å². The molecule has 5 aromatic carbocycles. The smallest absolute Gasteiger partial charge is 0.257 e. The van der Waals surface area contributed by atoms with E-state index in [0.29, 0.717) is 34.4 Å². The summed E-state index contributed by atoms with van der Waals surface area (Å²) in [6.07, 6.45) is 1.69. The van der Waals surface area contributed by atoms with Crippen molar-refractivity contribution in [2.24, 2.45) is 0 Å². The lowest BCUT2D eigenvalue weighted by atomic mass is 10.0. The van der Waals surface area contributed by atoms with E-state index >= 15 is 0 Å². The second-order valence-corrected chi connectivity index (χ2v) is 10.3. The lowest BCUT2D eigenvalue weighted by Crippen LogP contribution is -2.15. The van der Waals surface area contributed by atoms with Crippen molar-refractivity contribution < 1.29 is 19.0 Å². The highest BCUT2D eigenvalue weighted by Crippen LogP contribution is 2.37. The molecular weight excluding hydrogens is 564 g/mol. The first-order valence-corrected chi connectivity index (χ1v) is 14.3. The predicted molar refractivity (Wildman–Crippen MR) is 176 cm³/mol. The first-order chi connectivity index (χ1) is 22.1. The minimum Gasteiger partial charge on any atom is -0.493 e. The fraction of sp³-hybridized carbons (Fsp3) is 0.0541. The maximum atomic E-state index is 13.8. The molecule has 0 bridgehead atoms. The Hall–Kier alpha value is -6.15. The van der Waals surface area contributed by atoms with Gasteiger partial charge in [-0.05, 0) is 59.3 Å². The summed E-state index contributed by atoms with van der Waals surface area (Å²) in [5.74, 6) is 2.75. The molecule has 0 aliphatic carbocycles. The van der Waals surface area contributed by atoms with Crippen LogP contribution in [0.3, 0.4) is 0 Å². The van der Waals surface area contributed by atoms with Crippen LogP contribution >= 0.6 is 0 Å². The Morgan fingerprint density at radius 3 is 2.24 bits per heavy atom. The molecule has 8 heteroatoms. The zero-order chi connectivity index (χ0) is 30.8. The Bertz CT molecular complexity index is 2160. The van der Waals surface area contributed by atoms with Crippen molar-refractivity contribution >= 4 is 33.4 Å². The first-order valence-electron chi connectivity index (χ1n) is 14.3. The Kier molecular flexibility index (Phi) is 7.29. The van der Waals surface area contributed by atoms with Gasteiger partial charge in [0, 0.05) is 34.8 Å². The van der Waals surface area contributed by atoms with Gasteiger partial charge in [0.25, 0.3) is 5.91 Å². The largest absolute Gasteiger partial charge is 0.493 e. The lowest BCUT2D eigenvalue weighted by Gasteiger charge is -2.13. The van der Waals surface area contributed by atoms with Gasteiger partial charge in [-0.25, -0.2) is 4.68 Å². The highest BCUT2D eigenvalue weighted by Gasteiger charge is 2.17. The van der Waals surface area contributed by atoms with Gasteiger partial charge in [-0.3, -0.25) is 9.78 Å². The third kappa shape index (κ3) is 5.41. The maximum absolute atomic E-state index is 13.8. The average Bonchev–Trinajstić information content (AvgIpc) is 3.51. The molecule has 0 aliphatic heterocycles. The van der Waals surface area contributed by atoms with Crippen LogP contribution in [-0.4, -0.2) is 34.9 Å². The highest BCUT2D eigenvalue weighted by atomic mass is 16.5. The monoisotopic (exact) mass is 592 g/mol. The fourth-order valence-electron chi connectivity index (χ4n) is 5.36. The van der Waals surface area contributed by atoms with Crippen molar-refractivity contribution in [2.45, 2.75) is 0 Å². The number of hydrogen-bond donors (Lipinski definition) is 1. The number of aromatic nitrogens is 3.